The smallest absolute Gasteiger partial charge is 0.308 e. The van der Waals surface area contributed by atoms with Crippen molar-refractivity contribution in [2.45, 2.75) is 43.5 Å². The second-order valence-corrected chi connectivity index (χ2v) is 8.92. The van der Waals surface area contributed by atoms with E-state index in [9.17, 15) is 23.1 Å². The van der Waals surface area contributed by atoms with E-state index in [-0.39, 0.29) is 16.4 Å². The lowest BCUT2D eigenvalue weighted by Gasteiger charge is -2.37. The molecule has 3 rings (SSSR count). The first-order valence-electron chi connectivity index (χ1n) is 8.93. The van der Waals surface area contributed by atoms with Crippen molar-refractivity contribution < 1.29 is 23.1 Å². The molecular weight excluding hydrogens is 356 g/mol. The predicted molar refractivity (Wildman–Crippen MR) is 95.2 cm³/mol. The minimum Gasteiger partial charge on any atom is -0.481 e. The fraction of sp³-hybridized carbons (Fsp3) is 0.556. The third-order valence-corrected chi connectivity index (χ3v) is 6.64. The van der Waals surface area contributed by atoms with Crippen LogP contribution in [0.15, 0.2) is 29.2 Å². The third kappa shape index (κ3) is 4.07. The second-order valence-electron chi connectivity index (χ2n) is 7.15. The van der Waals surface area contributed by atoms with Crippen molar-refractivity contribution in [1.29, 1.82) is 0 Å². The molecule has 0 unspecified atom stereocenters. The van der Waals surface area contributed by atoms with Gasteiger partial charge in [0.25, 0.3) is 5.91 Å². The minimum absolute atomic E-state index is 0.0587. The number of carboxylic acid groups (broad SMARTS) is 1. The number of carbonyl (C=O) groups is 2. The zero-order valence-electron chi connectivity index (χ0n) is 14.7. The summed E-state index contributed by atoms with van der Waals surface area (Å²) in [4.78, 5) is 25.8. The number of rotatable bonds is 6. The van der Waals surface area contributed by atoms with Gasteiger partial charge < -0.3 is 10.0 Å². The molecule has 0 spiro atoms. The maximum atomic E-state index is 12.9. The summed E-state index contributed by atoms with van der Waals surface area (Å²) in [7, 11) is -3.65. The summed E-state index contributed by atoms with van der Waals surface area (Å²) in [5.74, 6) is -1.42. The van der Waals surface area contributed by atoms with Crippen LogP contribution in [0, 0.1) is 11.8 Å². The van der Waals surface area contributed by atoms with E-state index in [0.29, 0.717) is 31.8 Å². The normalized spacial score (nSPS) is 23.7. The number of hydrogen-bond acceptors (Lipinski definition) is 4. The van der Waals surface area contributed by atoms with Gasteiger partial charge in [0, 0.05) is 24.7 Å². The number of nitrogens with zero attached hydrogens (tertiary/aromatic N) is 1. The molecule has 2 fully saturated rings. The van der Waals surface area contributed by atoms with Crippen LogP contribution in [0.1, 0.15) is 43.0 Å². The molecule has 0 bridgehead atoms. The molecule has 2 aliphatic rings. The zero-order valence-corrected chi connectivity index (χ0v) is 15.5. The molecule has 8 heteroatoms. The Balaban J connectivity index is 1.78. The van der Waals surface area contributed by atoms with Gasteiger partial charge in [0.1, 0.15) is 0 Å². The molecule has 2 N–H and O–H groups in total. The number of hydrogen-bond donors (Lipinski definition) is 2. The first-order valence-corrected chi connectivity index (χ1v) is 10.4. The van der Waals surface area contributed by atoms with E-state index in [1.807, 2.05) is 0 Å². The molecule has 1 aromatic rings. The van der Waals surface area contributed by atoms with Crippen LogP contribution in [0.5, 0.6) is 0 Å². The highest BCUT2D eigenvalue weighted by Gasteiger charge is 2.36. The molecule has 1 saturated heterocycles. The first-order chi connectivity index (χ1) is 12.3. The van der Waals surface area contributed by atoms with Crippen LogP contribution < -0.4 is 4.72 Å². The van der Waals surface area contributed by atoms with Crippen LogP contribution in [0.4, 0.5) is 0 Å². The van der Waals surface area contributed by atoms with Gasteiger partial charge in [0.05, 0.1) is 10.8 Å². The van der Waals surface area contributed by atoms with Crippen molar-refractivity contribution in [3.05, 3.63) is 29.8 Å². The molecule has 1 heterocycles. The molecule has 2 atom stereocenters. The summed E-state index contributed by atoms with van der Waals surface area (Å²) in [6.45, 7) is 2.62. The SMILES string of the molecule is C[C@@H]1[C@H](C(=O)O)CCCN1C(=O)c1cccc(S(=O)(=O)NCC2CC2)c1. The van der Waals surface area contributed by atoms with Crippen molar-refractivity contribution in [3.8, 4) is 0 Å². The number of aliphatic carboxylic acids is 1. The third-order valence-electron chi connectivity index (χ3n) is 5.22. The van der Waals surface area contributed by atoms with E-state index in [4.69, 9.17) is 0 Å². The van der Waals surface area contributed by atoms with Crippen molar-refractivity contribution in [3.63, 3.8) is 0 Å². The predicted octanol–water partition coefficient (Wildman–Crippen LogP) is 1.70. The number of amides is 1. The molecule has 7 nitrogen and oxygen atoms in total. The van der Waals surface area contributed by atoms with Crippen molar-refractivity contribution in [1.82, 2.24) is 9.62 Å². The molecule has 26 heavy (non-hydrogen) atoms. The summed E-state index contributed by atoms with van der Waals surface area (Å²) in [6, 6.07) is 5.52. The Kier molecular flexibility index (Phi) is 5.34. The highest BCUT2D eigenvalue weighted by Crippen LogP contribution is 2.28. The average molecular weight is 380 g/mol. The van der Waals surface area contributed by atoms with E-state index in [0.717, 1.165) is 12.8 Å². The van der Waals surface area contributed by atoms with Gasteiger partial charge in [0.15, 0.2) is 0 Å². The van der Waals surface area contributed by atoms with Crippen LogP contribution in [0.25, 0.3) is 0 Å². The monoisotopic (exact) mass is 380 g/mol. The standard InChI is InChI=1S/C18H24N2O5S/c1-12-16(18(22)23)6-3-9-20(12)17(21)14-4-2-5-15(10-14)26(24,25)19-11-13-7-8-13/h2,4-5,10,12-13,16,19H,3,6-9,11H2,1H3,(H,22,23)/t12-,16-/m1/s1. The number of carbonyl (C=O) groups excluding carboxylic acids is 1. The lowest BCUT2D eigenvalue weighted by atomic mass is 9.90. The van der Waals surface area contributed by atoms with Gasteiger partial charge in [-0.25, -0.2) is 13.1 Å². The summed E-state index contributed by atoms with van der Waals surface area (Å²) in [5, 5.41) is 9.31. The summed E-state index contributed by atoms with van der Waals surface area (Å²) >= 11 is 0. The lowest BCUT2D eigenvalue weighted by molar-refractivity contribution is -0.144. The Morgan fingerprint density at radius 1 is 1.27 bits per heavy atom. The van der Waals surface area contributed by atoms with E-state index >= 15 is 0 Å². The molecule has 1 aliphatic carbocycles. The molecule has 0 radical (unpaired) electrons. The van der Waals surface area contributed by atoms with Crippen LogP contribution in [0.2, 0.25) is 0 Å². The van der Waals surface area contributed by atoms with Crippen molar-refractivity contribution in [2.75, 3.05) is 13.1 Å². The fourth-order valence-corrected chi connectivity index (χ4v) is 4.52. The Hall–Kier alpha value is -1.93. The maximum absolute atomic E-state index is 12.9. The molecule has 1 aromatic carbocycles. The highest BCUT2D eigenvalue weighted by molar-refractivity contribution is 7.89. The van der Waals surface area contributed by atoms with Crippen LogP contribution in [-0.2, 0) is 14.8 Å². The number of piperidine rings is 1. The van der Waals surface area contributed by atoms with Gasteiger partial charge >= 0.3 is 5.97 Å². The maximum Gasteiger partial charge on any atom is 0.308 e. The molecule has 0 aromatic heterocycles. The number of nitrogens with one attached hydrogen (secondary N) is 1. The average Bonchev–Trinajstić information content (AvgIpc) is 3.44. The number of benzene rings is 1. The van der Waals surface area contributed by atoms with Crippen LogP contribution >= 0.6 is 0 Å². The number of carboxylic acids is 1. The summed E-state index contributed by atoms with van der Waals surface area (Å²) in [5.41, 5.74) is 0.261. The van der Waals surface area contributed by atoms with Gasteiger partial charge in [-0.1, -0.05) is 6.07 Å². The van der Waals surface area contributed by atoms with E-state index in [2.05, 4.69) is 4.72 Å². The number of sulfonamides is 1. The molecule has 1 saturated carbocycles. The zero-order chi connectivity index (χ0) is 18.9. The largest absolute Gasteiger partial charge is 0.481 e. The first kappa shape index (κ1) is 18.8. The Labute approximate surface area is 153 Å². The van der Waals surface area contributed by atoms with E-state index in [1.165, 1.54) is 17.0 Å². The van der Waals surface area contributed by atoms with Crippen molar-refractivity contribution >= 4 is 21.9 Å². The van der Waals surface area contributed by atoms with Gasteiger partial charge in [0.2, 0.25) is 10.0 Å². The van der Waals surface area contributed by atoms with Crippen LogP contribution in [0.3, 0.4) is 0 Å². The number of likely N-dealkylation sites (tertiary alicyclic amines) is 1. The van der Waals surface area contributed by atoms with Crippen molar-refractivity contribution in [2.24, 2.45) is 11.8 Å². The Morgan fingerprint density at radius 2 is 2.00 bits per heavy atom. The fourth-order valence-electron chi connectivity index (χ4n) is 3.35. The topological polar surface area (TPSA) is 104 Å². The Bertz CT molecular complexity index is 804. The molecule has 142 valence electrons. The van der Waals surface area contributed by atoms with Gasteiger partial charge in [-0.2, -0.15) is 0 Å². The highest BCUT2D eigenvalue weighted by atomic mass is 32.2. The minimum atomic E-state index is -3.65. The molecule has 1 aliphatic heterocycles. The Morgan fingerprint density at radius 3 is 2.65 bits per heavy atom. The van der Waals surface area contributed by atoms with Gasteiger partial charge in [-0.05, 0) is 56.7 Å². The van der Waals surface area contributed by atoms with E-state index < -0.39 is 28.0 Å². The van der Waals surface area contributed by atoms with Gasteiger partial charge in [-0.15, -0.1) is 0 Å². The van der Waals surface area contributed by atoms with E-state index in [1.54, 1.807) is 19.1 Å². The van der Waals surface area contributed by atoms with Gasteiger partial charge in [-0.3, -0.25) is 9.59 Å². The summed E-state index contributed by atoms with van der Waals surface area (Å²) in [6.07, 6.45) is 3.24. The quantitative estimate of drug-likeness (QED) is 0.782. The van der Waals surface area contributed by atoms with Crippen LogP contribution in [-0.4, -0.2) is 49.4 Å². The second kappa shape index (κ2) is 7.36. The molecular formula is C18H24N2O5S. The lowest BCUT2D eigenvalue weighted by Crippen LogP contribution is -2.49. The molecule has 1 amide bonds. The summed E-state index contributed by atoms with van der Waals surface area (Å²) < 4.78 is 27.4.